The minimum absolute atomic E-state index is 0.173. The first-order valence-electron chi connectivity index (χ1n) is 15.1. The van der Waals surface area contributed by atoms with E-state index in [9.17, 15) is 30.3 Å². The van der Waals surface area contributed by atoms with Crippen LogP contribution in [0.4, 0.5) is 0 Å². The Morgan fingerprint density at radius 1 is 0.911 bits per heavy atom. The van der Waals surface area contributed by atoms with Gasteiger partial charge in [0, 0.05) is 24.0 Å². The van der Waals surface area contributed by atoms with Gasteiger partial charge in [-0.25, -0.2) is 4.79 Å². The van der Waals surface area contributed by atoms with Crippen molar-refractivity contribution in [3.63, 3.8) is 0 Å². The third-order valence-electron chi connectivity index (χ3n) is 8.63. The number of likely N-dealkylation sites (tertiary alicyclic amines) is 1. The zero-order valence-corrected chi connectivity index (χ0v) is 25.0. The smallest absolute Gasteiger partial charge is 0.335 e. The number of benzene rings is 3. The van der Waals surface area contributed by atoms with Crippen LogP contribution < -0.4 is 9.47 Å². The number of carboxylic acid groups (broad SMARTS) is 1. The van der Waals surface area contributed by atoms with Crippen molar-refractivity contribution in [2.24, 2.45) is 0 Å². The number of aryl methyl sites for hydroxylation is 1. The molecule has 238 valence electrons. The summed E-state index contributed by atoms with van der Waals surface area (Å²) in [6.07, 6.45) is -5.95. The predicted molar refractivity (Wildman–Crippen MR) is 165 cm³/mol. The third-order valence-corrected chi connectivity index (χ3v) is 8.63. The van der Waals surface area contributed by atoms with E-state index in [0.29, 0.717) is 13.2 Å². The maximum absolute atomic E-state index is 11.5. The standard InChI is InChI=1S/C34H38N2O9/c1-20-26-18-23(37)8-13-27(26)36(19-21-4-9-24(10-5-21)43-17-16-35-14-2-3-15-35)28(20)22-6-11-25(12-7-22)44-34-31(40)29(38)30(39)32(45-34)33(41)42/h4-13,18,29-32,34,37-40H,2-3,14-17,19H2,1H3,(H,41,42). The number of fused-ring (bicyclic) bond motifs is 1. The number of aromatic nitrogens is 1. The van der Waals surface area contributed by atoms with E-state index >= 15 is 0 Å². The number of ether oxygens (including phenoxy) is 3. The first kappa shape index (κ1) is 30.9. The summed E-state index contributed by atoms with van der Waals surface area (Å²) in [5.41, 5.74) is 4.81. The van der Waals surface area contributed by atoms with Gasteiger partial charge < -0.3 is 44.3 Å². The van der Waals surface area contributed by atoms with E-state index in [1.54, 1.807) is 24.3 Å². The summed E-state index contributed by atoms with van der Waals surface area (Å²) in [6, 6.07) is 20.4. The number of aliphatic hydroxyl groups is 3. The van der Waals surface area contributed by atoms with E-state index in [4.69, 9.17) is 14.2 Å². The molecule has 0 saturated carbocycles. The fourth-order valence-corrected chi connectivity index (χ4v) is 6.19. The van der Waals surface area contributed by atoms with Crippen molar-refractivity contribution >= 4 is 16.9 Å². The lowest BCUT2D eigenvalue weighted by Gasteiger charge is -2.38. The summed E-state index contributed by atoms with van der Waals surface area (Å²) in [5, 5.41) is 50.9. The number of hydrogen-bond donors (Lipinski definition) is 5. The van der Waals surface area contributed by atoms with E-state index in [2.05, 4.69) is 21.6 Å². The van der Waals surface area contributed by atoms with Crippen molar-refractivity contribution < 1.29 is 44.5 Å². The highest BCUT2D eigenvalue weighted by Gasteiger charge is 2.48. The molecule has 1 aromatic heterocycles. The van der Waals surface area contributed by atoms with E-state index in [0.717, 1.165) is 58.7 Å². The molecule has 5 unspecified atom stereocenters. The van der Waals surface area contributed by atoms with Crippen LogP contribution in [-0.4, -0.2) is 97.9 Å². The molecule has 4 aromatic rings. The second-order valence-electron chi connectivity index (χ2n) is 11.7. The minimum atomic E-state index is -1.80. The highest BCUT2D eigenvalue weighted by atomic mass is 16.7. The lowest BCUT2D eigenvalue weighted by Crippen LogP contribution is -2.61. The molecule has 11 nitrogen and oxygen atoms in total. The average molecular weight is 619 g/mol. The van der Waals surface area contributed by atoms with Gasteiger partial charge in [-0.1, -0.05) is 12.1 Å². The van der Waals surface area contributed by atoms with E-state index in [-0.39, 0.29) is 11.5 Å². The maximum atomic E-state index is 11.5. The van der Waals surface area contributed by atoms with Crippen LogP contribution in [0.1, 0.15) is 24.0 Å². The number of aliphatic hydroxyl groups excluding tert-OH is 3. The van der Waals surface area contributed by atoms with Crippen molar-refractivity contribution in [2.75, 3.05) is 26.2 Å². The molecule has 0 radical (unpaired) electrons. The largest absolute Gasteiger partial charge is 0.508 e. The van der Waals surface area contributed by atoms with E-state index < -0.39 is 36.7 Å². The van der Waals surface area contributed by atoms with Crippen LogP contribution in [0.15, 0.2) is 66.7 Å². The molecule has 5 N–H and O–H groups in total. The summed E-state index contributed by atoms with van der Waals surface area (Å²) >= 11 is 0. The van der Waals surface area contributed by atoms with Gasteiger partial charge in [-0.05, 0) is 104 Å². The van der Waals surface area contributed by atoms with Gasteiger partial charge in [0.2, 0.25) is 6.29 Å². The lowest BCUT2D eigenvalue weighted by molar-refractivity contribution is -0.271. The molecule has 0 amide bonds. The third kappa shape index (κ3) is 6.49. The SMILES string of the molecule is Cc1c(-c2ccc(OC3OC(C(=O)O)C(O)C(O)C3O)cc2)n(Cc2ccc(OCCN3CCCC3)cc2)c2ccc(O)cc12. The van der Waals surface area contributed by atoms with Crippen molar-refractivity contribution in [3.8, 4) is 28.5 Å². The molecule has 3 heterocycles. The first-order valence-corrected chi connectivity index (χ1v) is 15.1. The monoisotopic (exact) mass is 618 g/mol. The van der Waals surface area contributed by atoms with Crippen LogP contribution in [0.3, 0.4) is 0 Å². The Morgan fingerprint density at radius 2 is 1.60 bits per heavy atom. The van der Waals surface area contributed by atoms with E-state index in [1.165, 1.54) is 12.8 Å². The minimum Gasteiger partial charge on any atom is -0.508 e. The Bertz CT molecular complexity index is 1630. The average Bonchev–Trinajstić information content (AvgIpc) is 3.64. The molecule has 2 aliphatic heterocycles. The summed E-state index contributed by atoms with van der Waals surface area (Å²) in [5.74, 6) is -0.206. The van der Waals surface area contributed by atoms with Gasteiger partial charge in [0.25, 0.3) is 0 Å². The van der Waals surface area contributed by atoms with Gasteiger partial charge in [-0.15, -0.1) is 0 Å². The Kier molecular flexibility index (Phi) is 8.97. The molecular formula is C34H38N2O9. The van der Waals surface area contributed by atoms with Gasteiger partial charge in [0.05, 0.1) is 5.69 Å². The highest BCUT2D eigenvalue weighted by molar-refractivity contribution is 5.92. The van der Waals surface area contributed by atoms with Gasteiger partial charge >= 0.3 is 5.97 Å². The van der Waals surface area contributed by atoms with Crippen LogP contribution in [0.25, 0.3) is 22.2 Å². The quantitative estimate of drug-likeness (QED) is 0.179. The van der Waals surface area contributed by atoms with Crippen LogP contribution in [-0.2, 0) is 16.1 Å². The molecule has 11 heteroatoms. The van der Waals surface area contributed by atoms with Crippen molar-refractivity contribution in [2.45, 2.75) is 57.0 Å². The Labute approximate surface area is 260 Å². The Morgan fingerprint density at radius 3 is 2.29 bits per heavy atom. The second-order valence-corrected chi connectivity index (χ2v) is 11.7. The number of rotatable bonds is 10. The normalized spacial score (nSPS) is 23.8. The molecule has 0 bridgehead atoms. The number of carbonyl (C=O) groups is 1. The zero-order valence-electron chi connectivity index (χ0n) is 25.0. The molecular weight excluding hydrogens is 580 g/mol. The lowest BCUT2D eigenvalue weighted by atomic mass is 9.99. The predicted octanol–water partition coefficient (Wildman–Crippen LogP) is 3.12. The topological polar surface area (TPSA) is 154 Å². The Balaban J connectivity index is 1.22. The molecule has 2 saturated heterocycles. The van der Waals surface area contributed by atoms with Crippen LogP contribution in [0.5, 0.6) is 17.2 Å². The molecule has 45 heavy (non-hydrogen) atoms. The van der Waals surface area contributed by atoms with Gasteiger partial charge in [0.1, 0.15) is 42.2 Å². The van der Waals surface area contributed by atoms with Gasteiger partial charge in [0.15, 0.2) is 6.10 Å². The number of carboxylic acids is 1. The summed E-state index contributed by atoms with van der Waals surface area (Å²) in [4.78, 5) is 13.9. The summed E-state index contributed by atoms with van der Waals surface area (Å²) in [6.45, 7) is 6.43. The second kappa shape index (κ2) is 13.1. The van der Waals surface area contributed by atoms with Crippen LogP contribution in [0, 0.1) is 6.92 Å². The van der Waals surface area contributed by atoms with Gasteiger partial charge in [-0.3, -0.25) is 4.90 Å². The number of phenols is 1. The summed E-state index contributed by atoms with van der Waals surface area (Å²) in [7, 11) is 0. The summed E-state index contributed by atoms with van der Waals surface area (Å²) < 4.78 is 19.1. The maximum Gasteiger partial charge on any atom is 0.335 e. The Hall–Kier alpha value is -4.13. The molecule has 0 spiro atoms. The van der Waals surface area contributed by atoms with Gasteiger partial charge in [-0.2, -0.15) is 0 Å². The zero-order chi connectivity index (χ0) is 31.7. The molecule has 3 aromatic carbocycles. The number of phenolic OH excluding ortho intramolecular Hbond substituents is 1. The number of nitrogens with zero attached hydrogens (tertiary/aromatic N) is 2. The number of hydrogen-bond acceptors (Lipinski definition) is 9. The molecule has 0 aliphatic carbocycles. The van der Waals surface area contributed by atoms with E-state index in [1.807, 2.05) is 37.3 Å². The van der Waals surface area contributed by atoms with Crippen molar-refractivity contribution in [3.05, 3.63) is 77.9 Å². The first-order chi connectivity index (χ1) is 21.7. The molecule has 2 aliphatic rings. The molecule has 2 fully saturated rings. The number of aliphatic carboxylic acids is 1. The van der Waals surface area contributed by atoms with Crippen molar-refractivity contribution in [1.29, 1.82) is 0 Å². The highest BCUT2D eigenvalue weighted by Crippen LogP contribution is 2.37. The van der Waals surface area contributed by atoms with Crippen LogP contribution >= 0.6 is 0 Å². The molecule has 6 rings (SSSR count). The van der Waals surface area contributed by atoms with Crippen molar-refractivity contribution in [1.82, 2.24) is 9.47 Å². The molecule has 5 atom stereocenters. The number of aromatic hydroxyl groups is 1. The fraction of sp³-hybridized carbons (Fsp3) is 0.382. The van der Waals surface area contributed by atoms with Crippen LogP contribution in [0.2, 0.25) is 0 Å². The fourth-order valence-electron chi connectivity index (χ4n) is 6.19.